The average molecular weight is 343 g/mol. The highest BCUT2D eigenvalue weighted by Gasteiger charge is 2.17. The number of hydrogen-bond donors (Lipinski definition) is 1. The van der Waals surface area contributed by atoms with Crippen LogP contribution < -0.4 is 5.73 Å². The summed E-state index contributed by atoms with van der Waals surface area (Å²) in [5.74, 6) is -0.750. The van der Waals surface area contributed by atoms with E-state index >= 15 is 0 Å². The second-order valence-electron chi connectivity index (χ2n) is 4.61. The minimum Gasteiger partial charge on any atom is -0.366 e. The van der Waals surface area contributed by atoms with E-state index in [0.717, 1.165) is 4.47 Å². The molecule has 0 aliphatic heterocycles. The van der Waals surface area contributed by atoms with E-state index in [9.17, 15) is 9.59 Å². The van der Waals surface area contributed by atoms with Gasteiger partial charge < -0.3 is 5.73 Å². The van der Waals surface area contributed by atoms with E-state index in [1.807, 2.05) is 12.1 Å². The fourth-order valence-corrected chi connectivity index (χ4v) is 2.54. The number of aromatic nitrogens is 1. The Hall–Kier alpha value is -2.40. The Morgan fingerprint density at radius 3 is 2.33 bits per heavy atom. The van der Waals surface area contributed by atoms with Crippen molar-refractivity contribution in [3.05, 3.63) is 70.3 Å². The van der Waals surface area contributed by atoms with Crippen LogP contribution in [0.5, 0.6) is 0 Å². The molecule has 0 aliphatic rings. The number of para-hydroxylation sites is 1. The smallest absolute Gasteiger partial charge is 0.262 e. The maximum absolute atomic E-state index is 12.6. The normalized spacial score (nSPS) is 10.7. The maximum Gasteiger partial charge on any atom is 0.262 e. The highest BCUT2D eigenvalue weighted by Crippen LogP contribution is 2.22. The zero-order chi connectivity index (χ0) is 15.0. The molecule has 0 atom stereocenters. The SMILES string of the molecule is NC(=O)c1cn(C(=O)c2ccc(Br)cc2)c2ccccc12. The van der Waals surface area contributed by atoms with Crippen LogP contribution in [-0.4, -0.2) is 16.4 Å². The van der Waals surface area contributed by atoms with Gasteiger partial charge in [-0.1, -0.05) is 34.1 Å². The zero-order valence-electron chi connectivity index (χ0n) is 10.9. The van der Waals surface area contributed by atoms with Crippen molar-refractivity contribution >= 4 is 38.6 Å². The number of amides is 1. The first-order chi connectivity index (χ1) is 10.1. The molecule has 1 aromatic heterocycles. The lowest BCUT2D eigenvalue weighted by atomic mass is 10.2. The average Bonchev–Trinajstić information content (AvgIpc) is 2.87. The van der Waals surface area contributed by atoms with Gasteiger partial charge in [-0.05, 0) is 30.3 Å². The molecule has 0 aliphatic carbocycles. The fourth-order valence-electron chi connectivity index (χ4n) is 2.28. The monoisotopic (exact) mass is 342 g/mol. The van der Waals surface area contributed by atoms with Crippen molar-refractivity contribution in [3.8, 4) is 0 Å². The van der Waals surface area contributed by atoms with E-state index in [1.54, 1.807) is 36.4 Å². The van der Waals surface area contributed by atoms with Crippen LogP contribution in [-0.2, 0) is 0 Å². The fraction of sp³-hybridized carbons (Fsp3) is 0. The summed E-state index contributed by atoms with van der Waals surface area (Å²) < 4.78 is 2.35. The Kier molecular flexibility index (Phi) is 3.35. The second-order valence-corrected chi connectivity index (χ2v) is 5.52. The molecular formula is C16H11BrN2O2. The summed E-state index contributed by atoms with van der Waals surface area (Å²) >= 11 is 3.33. The van der Waals surface area contributed by atoms with Gasteiger partial charge in [0.25, 0.3) is 11.8 Å². The minimum absolute atomic E-state index is 0.203. The molecule has 104 valence electrons. The molecule has 0 saturated heterocycles. The van der Waals surface area contributed by atoms with Gasteiger partial charge in [0, 0.05) is 21.6 Å². The molecular weight excluding hydrogens is 332 g/mol. The van der Waals surface area contributed by atoms with Crippen LogP contribution >= 0.6 is 15.9 Å². The van der Waals surface area contributed by atoms with Gasteiger partial charge in [-0.25, -0.2) is 0 Å². The molecule has 21 heavy (non-hydrogen) atoms. The molecule has 0 saturated carbocycles. The van der Waals surface area contributed by atoms with Gasteiger partial charge in [-0.2, -0.15) is 0 Å². The summed E-state index contributed by atoms with van der Waals surface area (Å²) in [6.07, 6.45) is 1.50. The van der Waals surface area contributed by atoms with Crippen LogP contribution in [0.1, 0.15) is 20.7 Å². The van der Waals surface area contributed by atoms with Gasteiger partial charge in [0.1, 0.15) is 0 Å². The summed E-state index contributed by atoms with van der Waals surface area (Å²) in [4.78, 5) is 24.1. The van der Waals surface area contributed by atoms with Crippen molar-refractivity contribution < 1.29 is 9.59 Å². The van der Waals surface area contributed by atoms with Gasteiger partial charge in [0.2, 0.25) is 0 Å². The van der Waals surface area contributed by atoms with Crippen molar-refractivity contribution in [1.82, 2.24) is 4.57 Å². The van der Waals surface area contributed by atoms with Crippen LogP contribution in [0.3, 0.4) is 0 Å². The number of nitrogens with two attached hydrogens (primary N) is 1. The number of carbonyl (C=O) groups is 2. The molecule has 1 heterocycles. The number of primary amides is 1. The summed E-state index contributed by atoms with van der Waals surface area (Å²) in [6.45, 7) is 0. The highest BCUT2D eigenvalue weighted by atomic mass is 79.9. The molecule has 1 amide bonds. The molecule has 0 radical (unpaired) electrons. The molecule has 2 aromatic carbocycles. The summed E-state index contributed by atoms with van der Waals surface area (Å²) in [7, 11) is 0. The number of hydrogen-bond acceptors (Lipinski definition) is 2. The molecule has 0 bridgehead atoms. The van der Waals surface area contributed by atoms with E-state index in [2.05, 4.69) is 15.9 Å². The van der Waals surface area contributed by atoms with E-state index in [4.69, 9.17) is 5.73 Å². The Balaban J connectivity index is 2.18. The van der Waals surface area contributed by atoms with E-state index in [-0.39, 0.29) is 5.91 Å². The highest BCUT2D eigenvalue weighted by molar-refractivity contribution is 9.10. The van der Waals surface area contributed by atoms with Crippen molar-refractivity contribution in [2.75, 3.05) is 0 Å². The number of carbonyl (C=O) groups excluding carboxylic acids is 2. The van der Waals surface area contributed by atoms with Gasteiger partial charge in [0.15, 0.2) is 0 Å². The molecule has 4 nitrogen and oxygen atoms in total. The maximum atomic E-state index is 12.6. The van der Waals surface area contributed by atoms with Gasteiger partial charge >= 0.3 is 0 Å². The molecule has 0 unspecified atom stereocenters. The van der Waals surface area contributed by atoms with E-state index in [0.29, 0.717) is 22.0 Å². The first kappa shape index (κ1) is 13.6. The van der Waals surface area contributed by atoms with Crippen LogP contribution in [0.25, 0.3) is 10.9 Å². The number of nitrogens with zero attached hydrogens (tertiary/aromatic N) is 1. The lowest BCUT2D eigenvalue weighted by molar-refractivity contribution is 0.0965. The van der Waals surface area contributed by atoms with Gasteiger partial charge in [0.05, 0.1) is 11.1 Å². The Morgan fingerprint density at radius 1 is 1.00 bits per heavy atom. The third-order valence-electron chi connectivity index (χ3n) is 3.29. The Morgan fingerprint density at radius 2 is 1.67 bits per heavy atom. The number of rotatable bonds is 2. The number of benzene rings is 2. The lowest BCUT2D eigenvalue weighted by Gasteiger charge is -2.04. The van der Waals surface area contributed by atoms with Crippen molar-refractivity contribution in [2.24, 2.45) is 5.73 Å². The van der Waals surface area contributed by atoms with E-state index < -0.39 is 5.91 Å². The topological polar surface area (TPSA) is 65.1 Å². The predicted molar refractivity (Wildman–Crippen MR) is 84.3 cm³/mol. The van der Waals surface area contributed by atoms with Gasteiger partial charge in [-0.3, -0.25) is 14.2 Å². The molecule has 5 heteroatoms. The Labute approximate surface area is 129 Å². The molecule has 2 N–H and O–H groups in total. The minimum atomic E-state index is -0.548. The first-order valence-electron chi connectivity index (χ1n) is 6.28. The van der Waals surface area contributed by atoms with Crippen molar-refractivity contribution in [3.63, 3.8) is 0 Å². The van der Waals surface area contributed by atoms with Gasteiger partial charge in [-0.15, -0.1) is 0 Å². The molecule has 0 fully saturated rings. The van der Waals surface area contributed by atoms with Crippen LogP contribution in [0, 0.1) is 0 Å². The summed E-state index contributed by atoms with van der Waals surface area (Å²) in [5.41, 5.74) is 6.93. The van der Waals surface area contributed by atoms with Crippen molar-refractivity contribution in [1.29, 1.82) is 0 Å². The Bertz CT molecular complexity index is 850. The molecule has 0 spiro atoms. The largest absolute Gasteiger partial charge is 0.366 e. The summed E-state index contributed by atoms with van der Waals surface area (Å²) in [6, 6.07) is 14.2. The van der Waals surface area contributed by atoms with E-state index in [1.165, 1.54) is 10.8 Å². The third-order valence-corrected chi connectivity index (χ3v) is 3.82. The van der Waals surface area contributed by atoms with Crippen LogP contribution in [0.15, 0.2) is 59.2 Å². The second kappa shape index (κ2) is 5.18. The molecule has 3 rings (SSSR count). The lowest BCUT2D eigenvalue weighted by Crippen LogP contribution is -2.12. The quantitative estimate of drug-likeness (QED) is 0.777. The standard InChI is InChI=1S/C16H11BrN2O2/c17-11-7-5-10(6-8-11)16(21)19-9-13(15(18)20)12-3-1-2-4-14(12)19/h1-9H,(H2,18,20). The van der Waals surface area contributed by atoms with Crippen molar-refractivity contribution in [2.45, 2.75) is 0 Å². The predicted octanol–water partition coefficient (Wildman–Crippen LogP) is 3.19. The summed E-state index contributed by atoms with van der Waals surface area (Å²) in [5, 5.41) is 0.676. The third kappa shape index (κ3) is 2.36. The zero-order valence-corrected chi connectivity index (χ0v) is 12.5. The van der Waals surface area contributed by atoms with Crippen LogP contribution in [0.4, 0.5) is 0 Å². The molecule has 3 aromatic rings. The van der Waals surface area contributed by atoms with Crippen LogP contribution in [0.2, 0.25) is 0 Å². The number of fused-ring (bicyclic) bond motifs is 1. The number of halogens is 1. The first-order valence-corrected chi connectivity index (χ1v) is 7.07.